The first-order valence-electron chi connectivity index (χ1n) is 8.31. The Labute approximate surface area is 143 Å². The molecule has 3 atom stereocenters. The standard InChI is InChI=1S/C17H28N4O3/c1-11-9-20(16(23)24-17(4,5)6)12(2)13(3)21(11)15(22)14-8-18-10-19(14)7/h8,10-13H,9H2,1-7H3. The minimum Gasteiger partial charge on any atom is -0.444 e. The molecule has 24 heavy (non-hydrogen) atoms. The second kappa shape index (κ2) is 6.45. The fraction of sp³-hybridized carbons (Fsp3) is 0.706. The smallest absolute Gasteiger partial charge is 0.410 e. The SMILES string of the molecule is CC1C(C)N(C(=O)c2cncn2C)C(C)CN1C(=O)OC(C)(C)C. The van der Waals surface area contributed by atoms with Crippen LogP contribution < -0.4 is 0 Å². The van der Waals surface area contributed by atoms with Crippen LogP contribution in [0.4, 0.5) is 4.79 Å². The highest BCUT2D eigenvalue weighted by atomic mass is 16.6. The molecule has 3 unspecified atom stereocenters. The summed E-state index contributed by atoms with van der Waals surface area (Å²) in [6.45, 7) is 11.9. The predicted octanol–water partition coefficient (Wildman–Crippen LogP) is 2.28. The quantitative estimate of drug-likeness (QED) is 0.789. The summed E-state index contributed by atoms with van der Waals surface area (Å²) in [6, 6.07) is -0.358. The number of amides is 2. The summed E-state index contributed by atoms with van der Waals surface area (Å²) in [5.41, 5.74) is 0.0110. The van der Waals surface area contributed by atoms with Gasteiger partial charge in [-0.3, -0.25) is 4.79 Å². The number of imidazole rings is 1. The Hall–Kier alpha value is -2.05. The van der Waals surface area contributed by atoms with Gasteiger partial charge in [0.05, 0.1) is 18.6 Å². The van der Waals surface area contributed by atoms with Crippen LogP contribution in [0.2, 0.25) is 0 Å². The van der Waals surface area contributed by atoms with Crippen LogP contribution in [-0.4, -0.2) is 61.6 Å². The molecule has 2 rings (SSSR count). The van der Waals surface area contributed by atoms with Gasteiger partial charge >= 0.3 is 6.09 Å². The van der Waals surface area contributed by atoms with Crippen LogP contribution >= 0.6 is 0 Å². The molecule has 1 saturated heterocycles. The number of piperazine rings is 1. The lowest BCUT2D eigenvalue weighted by molar-refractivity contribution is -0.0238. The summed E-state index contributed by atoms with van der Waals surface area (Å²) in [5.74, 6) is -0.0642. The van der Waals surface area contributed by atoms with E-state index in [0.717, 1.165) is 0 Å². The highest BCUT2D eigenvalue weighted by Gasteiger charge is 2.41. The van der Waals surface area contributed by atoms with Crippen molar-refractivity contribution in [2.24, 2.45) is 7.05 Å². The van der Waals surface area contributed by atoms with Gasteiger partial charge in [0.15, 0.2) is 0 Å². The molecule has 1 aromatic heterocycles. The van der Waals surface area contributed by atoms with E-state index in [4.69, 9.17) is 4.74 Å². The third-order valence-corrected chi connectivity index (χ3v) is 4.46. The van der Waals surface area contributed by atoms with Crippen LogP contribution in [0.5, 0.6) is 0 Å². The highest BCUT2D eigenvalue weighted by Crippen LogP contribution is 2.25. The van der Waals surface area contributed by atoms with E-state index in [1.807, 2.05) is 46.4 Å². The Morgan fingerprint density at radius 3 is 2.33 bits per heavy atom. The summed E-state index contributed by atoms with van der Waals surface area (Å²) in [5, 5.41) is 0. The summed E-state index contributed by atoms with van der Waals surface area (Å²) in [6.07, 6.45) is 2.86. The monoisotopic (exact) mass is 336 g/mol. The van der Waals surface area contributed by atoms with Gasteiger partial charge < -0.3 is 19.1 Å². The van der Waals surface area contributed by atoms with E-state index < -0.39 is 5.60 Å². The molecular formula is C17H28N4O3. The molecule has 0 N–H and O–H groups in total. The van der Waals surface area contributed by atoms with Crippen molar-refractivity contribution in [3.63, 3.8) is 0 Å². The predicted molar refractivity (Wildman–Crippen MR) is 90.7 cm³/mol. The molecule has 7 nitrogen and oxygen atoms in total. The van der Waals surface area contributed by atoms with Crippen molar-refractivity contribution >= 4 is 12.0 Å². The van der Waals surface area contributed by atoms with E-state index in [1.165, 1.54) is 0 Å². The molecule has 0 aromatic carbocycles. The van der Waals surface area contributed by atoms with E-state index in [0.29, 0.717) is 12.2 Å². The Bertz CT molecular complexity index is 620. The maximum absolute atomic E-state index is 12.9. The fourth-order valence-corrected chi connectivity index (χ4v) is 3.08. The van der Waals surface area contributed by atoms with Crippen molar-refractivity contribution in [1.82, 2.24) is 19.4 Å². The zero-order chi connectivity index (χ0) is 18.2. The number of hydrogen-bond acceptors (Lipinski definition) is 4. The van der Waals surface area contributed by atoms with E-state index in [2.05, 4.69) is 4.98 Å². The van der Waals surface area contributed by atoms with Crippen molar-refractivity contribution < 1.29 is 14.3 Å². The number of hydrogen-bond donors (Lipinski definition) is 0. The van der Waals surface area contributed by atoms with Gasteiger partial charge in [0.1, 0.15) is 11.3 Å². The van der Waals surface area contributed by atoms with Crippen molar-refractivity contribution in [3.05, 3.63) is 18.2 Å². The molecule has 134 valence electrons. The molecule has 1 aliphatic rings. The molecule has 0 bridgehead atoms. The lowest BCUT2D eigenvalue weighted by Gasteiger charge is -2.48. The van der Waals surface area contributed by atoms with Crippen molar-refractivity contribution in [1.29, 1.82) is 0 Å². The van der Waals surface area contributed by atoms with Crippen molar-refractivity contribution in [2.75, 3.05) is 6.54 Å². The average Bonchev–Trinajstić information content (AvgIpc) is 2.87. The van der Waals surface area contributed by atoms with E-state index in [9.17, 15) is 9.59 Å². The number of aromatic nitrogens is 2. The second-order valence-corrected chi connectivity index (χ2v) is 7.57. The summed E-state index contributed by atoms with van der Waals surface area (Å²) in [7, 11) is 1.80. The molecule has 0 radical (unpaired) electrons. The summed E-state index contributed by atoms with van der Waals surface area (Å²) in [4.78, 5) is 32.9. The third kappa shape index (κ3) is 3.55. The van der Waals surface area contributed by atoms with E-state index >= 15 is 0 Å². The number of ether oxygens (including phenoxy) is 1. The Kier molecular flexibility index (Phi) is 4.92. The van der Waals surface area contributed by atoms with Crippen LogP contribution in [-0.2, 0) is 11.8 Å². The molecule has 7 heteroatoms. The van der Waals surface area contributed by atoms with Gasteiger partial charge in [-0.2, -0.15) is 0 Å². The molecule has 0 saturated carbocycles. The Balaban J connectivity index is 2.19. The lowest BCUT2D eigenvalue weighted by Crippen LogP contribution is -2.64. The van der Waals surface area contributed by atoms with Crippen molar-refractivity contribution in [3.8, 4) is 0 Å². The van der Waals surface area contributed by atoms with Crippen LogP contribution in [0.25, 0.3) is 0 Å². The molecule has 1 aliphatic heterocycles. The second-order valence-electron chi connectivity index (χ2n) is 7.57. The average molecular weight is 336 g/mol. The normalized spacial score (nSPS) is 24.9. The van der Waals surface area contributed by atoms with Crippen LogP contribution in [0.3, 0.4) is 0 Å². The molecular weight excluding hydrogens is 308 g/mol. The van der Waals surface area contributed by atoms with Gasteiger partial charge in [0.2, 0.25) is 0 Å². The minimum absolute atomic E-state index is 0.0642. The molecule has 1 fully saturated rings. The highest BCUT2D eigenvalue weighted by molar-refractivity contribution is 5.93. The number of aryl methyl sites for hydroxylation is 1. The van der Waals surface area contributed by atoms with Crippen molar-refractivity contribution in [2.45, 2.75) is 65.3 Å². The number of carbonyl (C=O) groups is 2. The van der Waals surface area contributed by atoms with Gasteiger partial charge in [-0.15, -0.1) is 0 Å². The first-order chi connectivity index (χ1) is 11.0. The van der Waals surface area contributed by atoms with Gasteiger partial charge in [-0.1, -0.05) is 0 Å². The van der Waals surface area contributed by atoms with Crippen LogP contribution in [0.1, 0.15) is 52.0 Å². The maximum Gasteiger partial charge on any atom is 0.410 e. The summed E-state index contributed by atoms with van der Waals surface area (Å²) >= 11 is 0. The zero-order valence-corrected chi connectivity index (χ0v) is 15.6. The van der Waals surface area contributed by atoms with Crippen LogP contribution in [0.15, 0.2) is 12.5 Å². The topological polar surface area (TPSA) is 67.7 Å². The number of rotatable bonds is 1. The molecule has 2 heterocycles. The Morgan fingerprint density at radius 1 is 1.21 bits per heavy atom. The fourth-order valence-electron chi connectivity index (χ4n) is 3.08. The van der Waals surface area contributed by atoms with Gasteiger partial charge in [-0.05, 0) is 41.5 Å². The molecule has 0 spiro atoms. The van der Waals surface area contributed by atoms with Gasteiger partial charge in [-0.25, -0.2) is 9.78 Å². The first kappa shape index (κ1) is 18.3. The molecule has 0 aliphatic carbocycles. The van der Waals surface area contributed by atoms with Gasteiger partial charge in [0, 0.05) is 25.7 Å². The van der Waals surface area contributed by atoms with Gasteiger partial charge in [0.25, 0.3) is 5.91 Å². The molecule has 1 aromatic rings. The minimum atomic E-state index is -0.537. The Morgan fingerprint density at radius 2 is 1.83 bits per heavy atom. The first-order valence-corrected chi connectivity index (χ1v) is 8.31. The third-order valence-electron chi connectivity index (χ3n) is 4.46. The number of carbonyl (C=O) groups excluding carboxylic acids is 2. The zero-order valence-electron chi connectivity index (χ0n) is 15.6. The summed E-state index contributed by atoms with van der Waals surface area (Å²) < 4.78 is 7.22. The van der Waals surface area contributed by atoms with E-state index in [1.54, 1.807) is 29.0 Å². The van der Waals surface area contributed by atoms with Crippen LogP contribution in [0, 0.1) is 0 Å². The molecule has 2 amide bonds. The lowest BCUT2D eigenvalue weighted by atomic mass is 10.00. The number of nitrogens with zero attached hydrogens (tertiary/aromatic N) is 4. The largest absolute Gasteiger partial charge is 0.444 e. The maximum atomic E-state index is 12.9. The van der Waals surface area contributed by atoms with E-state index in [-0.39, 0.29) is 30.1 Å².